The van der Waals surface area contributed by atoms with Crippen molar-refractivity contribution in [1.29, 1.82) is 0 Å². The van der Waals surface area contributed by atoms with Gasteiger partial charge in [0, 0.05) is 64.1 Å². The summed E-state index contributed by atoms with van der Waals surface area (Å²) in [5.74, 6) is 0.0143. The van der Waals surface area contributed by atoms with Crippen molar-refractivity contribution in [2.45, 2.75) is 25.2 Å². The molecule has 0 radical (unpaired) electrons. The van der Waals surface area contributed by atoms with Gasteiger partial charge in [0.1, 0.15) is 11.9 Å². The quantitative estimate of drug-likeness (QED) is 0.713. The van der Waals surface area contributed by atoms with Crippen LogP contribution in [0, 0.1) is 0 Å². The maximum Gasteiger partial charge on any atom is 0.410 e. The highest BCUT2D eigenvalue weighted by molar-refractivity contribution is 7.86. The predicted octanol–water partition coefficient (Wildman–Crippen LogP) is 0.459. The van der Waals surface area contributed by atoms with Crippen molar-refractivity contribution in [2.75, 3.05) is 63.3 Å². The van der Waals surface area contributed by atoms with Crippen molar-refractivity contribution in [3.05, 3.63) is 22.5 Å². The molecule has 0 bridgehead atoms. The maximum absolute atomic E-state index is 13.9. The normalized spacial score (nSPS) is 24.5. The van der Waals surface area contributed by atoms with Crippen LogP contribution in [0.25, 0.3) is 0 Å². The summed E-state index contributed by atoms with van der Waals surface area (Å²) in [6, 6.07) is 0.738. The molecule has 13 heteroatoms. The Kier molecular flexibility index (Phi) is 6.37. The van der Waals surface area contributed by atoms with Gasteiger partial charge in [0.05, 0.1) is 13.2 Å². The van der Waals surface area contributed by atoms with Gasteiger partial charge in [-0.05, 0) is 6.92 Å². The van der Waals surface area contributed by atoms with Gasteiger partial charge in [0.25, 0.3) is 15.8 Å². The van der Waals surface area contributed by atoms with E-state index < -0.39 is 34.5 Å². The number of nitrogens with zero attached hydrogens (tertiary/aromatic N) is 4. The second-order valence-electron chi connectivity index (χ2n) is 7.60. The van der Waals surface area contributed by atoms with Gasteiger partial charge in [0.2, 0.25) is 0 Å². The van der Waals surface area contributed by atoms with Gasteiger partial charge < -0.3 is 19.5 Å². The smallest absolute Gasteiger partial charge is 0.377 e. The lowest BCUT2D eigenvalue weighted by molar-refractivity contribution is -0.153. The Hall–Kier alpha value is -1.83. The second-order valence-corrected chi connectivity index (χ2v) is 9.75. The van der Waals surface area contributed by atoms with E-state index in [1.165, 1.54) is 26.2 Å². The van der Waals surface area contributed by atoms with Crippen molar-refractivity contribution >= 4 is 21.7 Å². The van der Waals surface area contributed by atoms with Crippen molar-refractivity contribution in [1.82, 2.24) is 13.6 Å². The molecule has 3 rings (SSSR count). The van der Waals surface area contributed by atoms with Gasteiger partial charge in [0.15, 0.2) is 0 Å². The Morgan fingerprint density at radius 1 is 1.17 bits per heavy atom. The van der Waals surface area contributed by atoms with Gasteiger partial charge in [-0.25, -0.2) is 0 Å². The predicted molar refractivity (Wildman–Crippen MR) is 106 cm³/mol. The SMILES string of the molecule is C[C@@H]1COCCN1c1cc(N2CCN(S(=O)(=O)N(C)C)CC2C(F)(F)F)[nH]c(=O)c1. The lowest BCUT2D eigenvalue weighted by Gasteiger charge is -2.43. The van der Waals surface area contributed by atoms with Crippen LogP contribution >= 0.6 is 0 Å². The summed E-state index contributed by atoms with van der Waals surface area (Å²) >= 11 is 0. The molecule has 1 N–H and O–H groups in total. The maximum atomic E-state index is 13.9. The molecule has 0 spiro atoms. The van der Waals surface area contributed by atoms with Crippen LogP contribution in [0.1, 0.15) is 6.92 Å². The number of nitrogens with one attached hydrogen (secondary N) is 1. The first-order chi connectivity index (χ1) is 13.9. The fourth-order valence-electron chi connectivity index (χ4n) is 3.71. The zero-order chi connectivity index (χ0) is 22.3. The summed E-state index contributed by atoms with van der Waals surface area (Å²) in [5.41, 5.74) is -0.0146. The molecular weight excluding hydrogens is 427 g/mol. The van der Waals surface area contributed by atoms with Crippen LogP contribution in [-0.2, 0) is 14.9 Å². The van der Waals surface area contributed by atoms with Gasteiger partial charge in [-0.15, -0.1) is 0 Å². The Morgan fingerprint density at radius 3 is 2.47 bits per heavy atom. The molecule has 0 aliphatic carbocycles. The van der Waals surface area contributed by atoms with E-state index in [2.05, 4.69) is 4.98 Å². The molecule has 0 saturated carbocycles. The molecule has 3 heterocycles. The number of hydrogen-bond acceptors (Lipinski definition) is 6. The third kappa shape index (κ3) is 4.58. The van der Waals surface area contributed by atoms with E-state index in [4.69, 9.17) is 4.74 Å². The first-order valence-electron chi connectivity index (χ1n) is 9.51. The van der Waals surface area contributed by atoms with E-state index in [0.717, 1.165) is 13.5 Å². The van der Waals surface area contributed by atoms with Crippen LogP contribution in [0.2, 0.25) is 0 Å². The number of anilines is 2. The molecule has 2 atom stereocenters. The molecule has 2 aliphatic heterocycles. The molecule has 1 unspecified atom stereocenters. The Balaban J connectivity index is 1.95. The third-order valence-corrected chi connectivity index (χ3v) is 7.24. The van der Waals surface area contributed by atoms with Crippen LogP contribution in [-0.4, -0.2) is 93.8 Å². The molecule has 170 valence electrons. The molecule has 9 nitrogen and oxygen atoms in total. The average molecular weight is 453 g/mol. The Morgan fingerprint density at radius 2 is 1.87 bits per heavy atom. The highest BCUT2D eigenvalue weighted by Crippen LogP contribution is 2.33. The monoisotopic (exact) mass is 453 g/mol. The summed E-state index contributed by atoms with van der Waals surface area (Å²) in [6.07, 6.45) is -4.69. The highest BCUT2D eigenvalue weighted by atomic mass is 32.2. The first-order valence-corrected chi connectivity index (χ1v) is 10.9. The van der Waals surface area contributed by atoms with Crippen molar-refractivity contribution in [3.8, 4) is 0 Å². The number of piperazine rings is 1. The standard InChI is InChI=1S/C17H26F3N5O4S/c1-12-11-29-7-6-24(12)13-8-15(21-16(26)9-13)25-5-4-23(30(27,28)22(2)3)10-14(25)17(18,19)20/h8-9,12,14H,4-7,10-11H2,1-3H3,(H,21,26)/t12-,14?/m1/s1. The second kappa shape index (κ2) is 8.36. The van der Waals surface area contributed by atoms with E-state index >= 15 is 0 Å². The minimum absolute atomic E-state index is 0.0143. The minimum atomic E-state index is -4.69. The van der Waals surface area contributed by atoms with Gasteiger partial charge in [-0.3, -0.25) is 4.79 Å². The summed E-state index contributed by atoms with van der Waals surface area (Å²) in [5, 5.41) is 0. The summed E-state index contributed by atoms with van der Waals surface area (Å²) in [6.45, 7) is 2.23. The first kappa shape index (κ1) is 22.8. The number of hydrogen-bond donors (Lipinski definition) is 1. The van der Waals surface area contributed by atoms with Crippen molar-refractivity contribution in [3.63, 3.8) is 0 Å². The van der Waals surface area contributed by atoms with Crippen molar-refractivity contribution < 1.29 is 26.3 Å². The zero-order valence-corrected chi connectivity index (χ0v) is 17.8. The number of aromatic nitrogens is 1. The molecule has 1 aromatic heterocycles. The number of aromatic amines is 1. The molecule has 1 aromatic rings. The van der Waals surface area contributed by atoms with E-state index in [0.29, 0.717) is 25.4 Å². The molecular formula is C17H26F3N5O4S. The van der Waals surface area contributed by atoms with E-state index in [1.54, 1.807) is 0 Å². The summed E-state index contributed by atoms with van der Waals surface area (Å²) < 4.78 is 73.4. The summed E-state index contributed by atoms with van der Waals surface area (Å²) in [4.78, 5) is 17.7. The number of ether oxygens (including phenoxy) is 1. The molecule has 0 amide bonds. The number of halogens is 3. The largest absolute Gasteiger partial charge is 0.410 e. The average Bonchev–Trinajstić information content (AvgIpc) is 2.66. The lowest BCUT2D eigenvalue weighted by atomic mass is 10.1. The van der Waals surface area contributed by atoms with Crippen LogP contribution in [0.3, 0.4) is 0 Å². The molecule has 2 saturated heterocycles. The molecule has 0 aromatic carbocycles. The topological polar surface area (TPSA) is 89.2 Å². The number of H-pyrrole nitrogens is 1. The lowest BCUT2D eigenvalue weighted by Crippen LogP contribution is -2.61. The fourth-order valence-corrected chi connectivity index (χ4v) is 4.82. The van der Waals surface area contributed by atoms with E-state index in [9.17, 15) is 26.4 Å². The number of morpholine rings is 1. The van der Waals surface area contributed by atoms with Crippen LogP contribution < -0.4 is 15.4 Å². The van der Waals surface area contributed by atoms with E-state index in [1.807, 2.05) is 11.8 Å². The fraction of sp³-hybridized carbons (Fsp3) is 0.706. The third-order valence-electron chi connectivity index (χ3n) is 5.33. The highest BCUT2D eigenvalue weighted by Gasteiger charge is 2.49. The van der Waals surface area contributed by atoms with Crippen LogP contribution in [0.15, 0.2) is 16.9 Å². The van der Waals surface area contributed by atoms with E-state index in [-0.39, 0.29) is 24.9 Å². The Labute approximate surface area is 173 Å². The number of pyridine rings is 1. The van der Waals surface area contributed by atoms with Crippen LogP contribution in [0.5, 0.6) is 0 Å². The Bertz CT molecular complexity index is 921. The van der Waals surface area contributed by atoms with Gasteiger partial charge >= 0.3 is 6.18 Å². The van der Waals surface area contributed by atoms with Gasteiger partial charge in [-0.2, -0.15) is 30.2 Å². The molecule has 30 heavy (non-hydrogen) atoms. The number of alkyl halides is 3. The molecule has 2 aliphatic rings. The van der Waals surface area contributed by atoms with Crippen LogP contribution in [0.4, 0.5) is 24.7 Å². The minimum Gasteiger partial charge on any atom is -0.377 e. The summed E-state index contributed by atoms with van der Waals surface area (Å²) in [7, 11) is -1.45. The van der Waals surface area contributed by atoms with Gasteiger partial charge in [-0.1, -0.05) is 0 Å². The zero-order valence-electron chi connectivity index (χ0n) is 17.0. The number of rotatable bonds is 4. The van der Waals surface area contributed by atoms with Crippen molar-refractivity contribution in [2.24, 2.45) is 0 Å². The molecule has 2 fully saturated rings.